The van der Waals surface area contributed by atoms with E-state index in [9.17, 15) is 4.79 Å². The van der Waals surface area contributed by atoms with E-state index in [-0.39, 0.29) is 18.9 Å². The van der Waals surface area contributed by atoms with E-state index in [4.69, 9.17) is 10.2 Å². The van der Waals surface area contributed by atoms with Gasteiger partial charge in [0.2, 0.25) is 5.91 Å². The van der Waals surface area contributed by atoms with Crippen LogP contribution in [-0.4, -0.2) is 35.9 Å². The second-order valence-electron chi connectivity index (χ2n) is 2.05. The van der Waals surface area contributed by atoms with E-state index in [1.807, 2.05) is 0 Å². The number of carbonyl (C=O) groups excluding carboxylic acids is 1. The fourth-order valence-corrected chi connectivity index (χ4v) is 0.514. The minimum absolute atomic E-state index is 0.118. The SMILES string of the molecule is CNC(=O)CC[C@@H](O)CO. The van der Waals surface area contributed by atoms with Gasteiger partial charge in [-0.05, 0) is 6.42 Å². The van der Waals surface area contributed by atoms with Gasteiger partial charge in [-0.15, -0.1) is 0 Å². The maximum Gasteiger partial charge on any atom is 0.219 e. The van der Waals surface area contributed by atoms with Crippen molar-refractivity contribution in [3.8, 4) is 0 Å². The summed E-state index contributed by atoms with van der Waals surface area (Å²) < 4.78 is 0. The molecule has 0 aromatic carbocycles. The number of carbonyl (C=O) groups is 1. The molecule has 3 N–H and O–H groups in total. The van der Waals surface area contributed by atoms with Crippen molar-refractivity contribution in [2.24, 2.45) is 0 Å². The van der Waals surface area contributed by atoms with Gasteiger partial charge < -0.3 is 15.5 Å². The summed E-state index contributed by atoms with van der Waals surface area (Å²) in [6, 6.07) is 0. The Morgan fingerprint density at radius 3 is 2.70 bits per heavy atom. The zero-order chi connectivity index (χ0) is 7.98. The molecule has 0 aliphatic carbocycles. The fourth-order valence-electron chi connectivity index (χ4n) is 0.514. The standard InChI is InChI=1S/C6H13NO3/c1-7-6(10)3-2-5(9)4-8/h5,8-9H,2-4H2,1H3,(H,7,10)/t5-/m1/s1. The molecule has 1 amide bonds. The Labute approximate surface area is 59.9 Å². The van der Waals surface area contributed by atoms with Gasteiger partial charge in [-0.3, -0.25) is 4.79 Å². The van der Waals surface area contributed by atoms with E-state index in [0.29, 0.717) is 6.42 Å². The van der Waals surface area contributed by atoms with Gasteiger partial charge in [0.1, 0.15) is 0 Å². The Balaban J connectivity index is 3.26. The molecule has 0 aromatic rings. The first-order valence-electron chi connectivity index (χ1n) is 3.20. The molecule has 4 heteroatoms. The van der Waals surface area contributed by atoms with E-state index >= 15 is 0 Å². The lowest BCUT2D eigenvalue weighted by atomic mass is 10.2. The van der Waals surface area contributed by atoms with Crippen molar-refractivity contribution in [2.45, 2.75) is 18.9 Å². The van der Waals surface area contributed by atoms with E-state index in [2.05, 4.69) is 5.32 Å². The smallest absolute Gasteiger partial charge is 0.219 e. The lowest BCUT2D eigenvalue weighted by Gasteiger charge is -2.04. The van der Waals surface area contributed by atoms with E-state index in [0.717, 1.165) is 0 Å². The van der Waals surface area contributed by atoms with E-state index in [1.165, 1.54) is 7.05 Å². The quantitative estimate of drug-likeness (QED) is 0.471. The van der Waals surface area contributed by atoms with Crippen molar-refractivity contribution >= 4 is 5.91 Å². The van der Waals surface area contributed by atoms with Crippen LogP contribution in [0, 0.1) is 0 Å². The van der Waals surface area contributed by atoms with Gasteiger partial charge in [0.05, 0.1) is 12.7 Å². The van der Waals surface area contributed by atoms with Crippen LogP contribution >= 0.6 is 0 Å². The average molecular weight is 147 g/mol. The van der Waals surface area contributed by atoms with Crippen LogP contribution < -0.4 is 5.32 Å². The zero-order valence-electron chi connectivity index (χ0n) is 6.00. The highest BCUT2D eigenvalue weighted by atomic mass is 16.3. The van der Waals surface area contributed by atoms with Crippen molar-refractivity contribution < 1.29 is 15.0 Å². The first-order valence-corrected chi connectivity index (χ1v) is 3.20. The molecule has 0 saturated carbocycles. The predicted octanol–water partition coefficient (Wildman–Crippen LogP) is -1.13. The summed E-state index contributed by atoms with van der Waals surface area (Å²) in [5, 5.41) is 19.5. The molecule has 0 unspecified atom stereocenters. The highest BCUT2D eigenvalue weighted by Crippen LogP contribution is 1.94. The summed E-state index contributed by atoms with van der Waals surface area (Å²) in [5.41, 5.74) is 0. The molecule has 4 nitrogen and oxygen atoms in total. The third kappa shape index (κ3) is 4.29. The zero-order valence-corrected chi connectivity index (χ0v) is 6.00. The summed E-state index contributed by atoms with van der Waals surface area (Å²) in [7, 11) is 1.54. The Morgan fingerprint density at radius 2 is 2.30 bits per heavy atom. The molecule has 10 heavy (non-hydrogen) atoms. The summed E-state index contributed by atoms with van der Waals surface area (Å²) in [5.74, 6) is -0.118. The van der Waals surface area contributed by atoms with Crippen LogP contribution in [0.4, 0.5) is 0 Å². The Bertz CT molecular complexity index is 105. The first kappa shape index (κ1) is 9.39. The van der Waals surface area contributed by atoms with Crippen LogP contribution in [0.1, 0.15) is 12.8 Å². The normalized spacial score (nSPS) is 12.7. The number of aliphatic hydroxyl groups excluding tert-OH is 2. The monoisotopic (exact) mass is 147 g/mol. The molecule has 60 valence electrons. The third-order valence-electron chi connectivity index (χ3n) is 1.19. The first-order chi connectivity index (χ1) is 4.70. The summed E-state index contributed by atoms with van der Waals surface area (Å²) >= 11 is 0. The minimum Gasteiger partial charge on any atom is -0.394 e. The van der Waals surface area contributed by atoms with Gasteiger partial charge in [0.15, 0.2) is 0 Å². The molecule has 0 aliphatic heterocycles. The highest BCUT2D eigenvalue weighted by molar-refractivity contribution is 5.75. The van der Waals surface area contributed by atoms with Crippen molar-refractivity contribution in [1.82, 2.24) is 5.32 Å². The van der Waals surface area contributed by atoms with Crippen molar-refractivity contribution in [3.63, 3.8) is 0 Å². The number of rotatable bonds is 4. The molecular formula is C6H13NO3. The maximum absolute atomic E-state index is 10.5. The molecule has 1 atom stereocenters. The summed E-state index contributed by atoms with van der Waals surface area (Å²) in [4.78, 5) is 10.5. The van der Waals surface area contributed by atoms with Crippen LogP contribution in [0.25, 0.3) is 0 Å². The number of hydrogen-bond donors (Lipinski definition) is 3. The van der Waals surface area contributed by atoms with Crippen molar-refractivity contribution in [3.05, 3.63) is 0 Å². The van der Waals surface area contributed by atoms with E-state index < -0.39 is 6.10 Å². The number of nitrogens with one attached hydrogen (secondary N) is 1. The van der Waals surface area contributed by atoms with Gasteiger partial charge in [-0.2, -0.15) is 0 Å². The van der Waals surface area contributed by atoms with Gasteiger partial charge in [0, 0.05) is 13.5 Å². The second kappa shape index (κ2) is 5.20. The van der Waals surface area contributed by atoms with E-state index in [1.54, 1.807) is 0 Å². The molecule has 0 aliphatic rings. The molecule has 0 bridgehead atoms. The number of amides is 1. The molecule has 0 radical (unpaired) electrons. The second-order valence-corrected chi connectivity index (χ2v) is 2.05. The van der Waals surface area contributed by atoms with Gasteiger partial charge in [0.25, 0.3) is 0 Å². The number of aliphatic hydroxyl groups is 2. The highest BCUT2D eigenvalue weighted by Gasteiger charge is 2.04. The molecule has 0 saturated heterocycles. The Morgan fingerprint density at radius 1 is 1.70 bits per heavy atom. The number of hydrogen-bond acceptors (Lipinski definition) is 3. The predicted molar refractivity (Wildman–Crippen MR) is 36.4 cm³/mol. The fraction of sp³-hybridized carbons (Fsp3) is 0.833. The van der Waals surface area contributed by atoms with Crippen LogP contribution in [0.5, 0.6) is 0 Å². The third-order valence-corrected chi connectivity index (χ3v) is 1.19. The molecule has 0 rings (SSSR count). The molecule has 0 aromatic heterocycles. The van der Waals surface area contributed by atoms with Gasteiger partial charge >= 0.3 is 0 Å². The lowest BCUT2D eigenvalue weighted by molar-refractivity contribution is -0.121. The molecular weight excluding hydrogens is 134 g/mol. The maximum atomic E-state index is 10.5. The molecule has 0 fully saturated rings. The van der Waals surface area contributed by atoms with Crippen molar-refractivity contribution in [2.75, 3.05) is 13.7 Å². The largest absolute Gasteiger partial charge is 0.394 e. The summed E-state index contributed by atoms with van der Waals surface area (Å²) in [6.07, 6.45) is -0.189. The van der Waals surface area contributed by atoms with Crippen LogP contribution in [0.2, 0.25) is 0 Å². The Hall–Kier alpha value is -0.610. The Kier molecular flexibility index (Phi) is 4.88. The lowest BCUT2D eigenvalue weighted by Crippen LogP contribution is -2.21. The summed E-state index contributed by atoms with van der Waals surface area (Å²) in [6.45, 7) is -0.281. The van der Waals surface area contributed by atoms with Gasteiger partial charge in [-0.1, -0.05) is 0 Å². The van der Waals surface area contributed by atoms with Crippen LogP contribution in [0.15, 0.2) is 0 Å². The van der Waals surface area contributed by atoms with Crippen molar-refractivity contribution in [1.29, 1.82) is 0 Å². The van der Waals surface area contributed by atoms with Gasteiger partial charge in [-0.25, -0.2) is 0 Å². The topological polar surface area (TPSA) is 69.6 Å². The minimum atomic E-state index is -0.766. The average Bonchev–Trinajstić information content (AvgIpc) is 1.99. The molecule has 0 spiro atoms. The molecule has 0 heterocycles. The van der Waals surface area contributed by atoms with Crippen LogP contribution in [0.3, 0.4) is 0 Å². The van der Waals surface area contributed by atoms with Crippen LogP contribution in [-0.2, 0) is 4.79 Å².